The van der Waals surface area contributed by atoms with E-state index in [0.29, 0.717) is 17.9 Å². The van der Waals surface area contributed by atoms with Gasteiger partial charge < -0.3 is 20.7 Å². The highest BCUT2D eigenvalue weighted by atomic mass is 16.5. The average molecular weight is 390 g/mol. The summed E-state index contributed by atoms with van der Waals surface area (Å²) in [4.78, 5) is 27.0. The zero-order valence-electron chi connectivity index (χ0n) is 17.9. The molecule has 1 heterocycles. The second-order valence-corrected chi connectivity index (χ2v) is 8.40. The van der Waals surface area contributed by atoms with Crippen molar-refractivity contribution in [3.05, 3.63) is 28.8 Å². The van der Waals surface area contributed by atoms with E-state index in [1.807, 2.05) is 39.5 Å². The number of rotatable bonds is 7. The highest BCUT2D eigenvalue weighted by Gasteiger charge is 2.29. The fourth-order valence-corrected chi connectivity index (χ4v) is 3.44. The highest BCUT2D eigenvalue weighted by Crippen LogP contribution is 2.26. The minimum atomic E-state index is -0.463. The van der Waals surface area contributed by atoms with Crippen molar-refractivity contribution in [1.29, 1.82) is 0 Å². The molecule has 1 aliphatic heterocycles. The van der Waals surface area contributed by atoms with Crippen LogP contribution in [0.3, 0.4) is 0 Å². The summed E-state index contributed by atoms with van der Waals surface area (Å²) in [6, 6.07) is 3.61. The lowest BCUT2D eigenvalue weighted by atomic mass is 9.88. The first-order valence-electron chi connectivity index (χ1n) is 10.2. The van der Waals surface area contributed by atoms with Crippen LogP contribution in [0.5, 0.6) is 5.75 Å². The van der Waals surface area contributed by atoms with E-state index in [1.54, 1.807) is 12.1 Å². The van der Waals surface area contributed by atoms with Crippen LogP contribution in [0.4, 0.5) is 0 Å². The summed E-state index contributed by atoms with van der Waals surface area (Å²) in [6.45, 7) is 11.9. The number of likely N-dealkylation sites (tertiary alicyclic amines) is 1. The lowest BCUT2D eigenvalue weighted by Crippen LogP contribution is -2.55. The summed E-state index contributed by atoms with van der Waals surface area (Å²) in [5.74, 6) is 0.763. The number of aryl methyl sites for hydroxylation is 2. The maximum Gasteiger partial charge on any atom is 0.260 e. The quantitative estimate of drug-likeness (QED) is 0.751. The molecule has 1 unspecified atom stereocenters. The zero-order chi connectivity index (χ0) is 20.9. The number of hydrogen-bond acceptors (Lipinski definition) is 4. The van der Waals surface area contributed by atoms with E-state index in [9.17, 15) is 9.59 Å². The number of carbonyl (C=O) groups is 2. The van der Waals surface area contributed by atoms with Gasteiger partial charge in [-0.25, -0.2) is 0 Å². The highest BCUT2D eigenvalue weighted by molar-refractivity contribution is 5.95. The van der Waals surface area contributed by atoms with Crippen molar-refractivity contribution in [2.24, 2.45) is 11.7 Å². The smallest absolute Gasteiger partial charge is 0.260 e. The second kappa shape index (κ2) is 9.41. The van der Waals surface area contributed by atoms with Crippen LogP contribution >= 0.6 is 0 Å². The van der Waals surface area contributed by atoms with Gasteiger partial charge >= 0.3 is 0 Å². The molecule has 1 aromatic rings. The Morgan fingerprint density at radius 3 is 2.25 bits per heavy atom. The van der Waals surface area contributed by atoms with Gasteiger partial charge in [-0.15, -0.1) is 0 Å². The van der Waals surface area contributed by atoms with Gasteiger partial charge in [0.1, 0.15) is 5.75 Å². The molecule has 1 aromatic carbocycles. The maximum absolute atomic E-state index is 12.7. The third kappa shape index (κ3) is 5.25. The lowest BCUT2D eigenvalue weighted by molar-refractivity contribution is -0.134. The first-order chi connectivity index (χ1) is 13.2. The fraction of sp³-hybridized carbons (Fsp3) is 0.636. The van der Waals surface area contributed by atoms with Gasteiger partial charge in [0.2, 0.25) is 0 Å². The number of carbonyl (C=O) groups excluding carboxylic acids is 2. The minimum Gasteiger partial charge on any atom is -0.483 e. The van der Waals surface area contributed by atoms with Gasteiger partial charge in [-0.2, -0.15) is 0 Å². The van der Waals surface area contributed by atoms with E-state index in [1.165, 1.54) is 6.42 Å². The predicted octanol–water partition coefficient (Wildman–Crippen LogP) is 2.80. The number of piperidine rings is 1. The number of nitrogens with zero attached hydrogens (tertiary/aromatic N) is 1. The average Bonchev–Trinajstić information content (AvgIpc) is 2.67. The van der Waals surface area contributed by atoms with Crippen molar-refractivity contribution < 1.29 is 14.3 Å². The molecular formula is C22H35N3O3. The summed E-state index contributed by atoms with van der Waals surface area (Å²) >= 11 is 0. The molecule has 0 aliphatic carbocycles. The van der Waals surface area contributed by atoms with Crippen LogP contribution in [0.15, 0.2) is 12.1 Å². The van der Waals surface area contributed by atoms with Gasteiger partial charge in [0.05, 0.1) is 5.54 Å². The number of nitrogens with two attached hydrogens (primary N) is 1. The summed E-state index contributed by atoms with van der Waals surface area (Å²) in [5, 5.41) is 3.06. The Hall–Kier alpha value is -2.08. The van der Waals surface area contributed by atoms with E-state index in [-0.39, 0.29) is 24.3 Å². The SMILES string of the molecule is Cc1cc(C(=O)NC(C)(CN)C(C)C)cc(C)c1OCC(=O)N1CCCCC1. The summed E-state index contributed by atoms with van der Waals surface area (Å²) in [7, 11) is 0. The van der Waals surface area contributed by atoms with Gasteiger partial charge in [0.25, 0.3) is 11.8 Å². The van der Waals surface area contributed by atoms with Crippen molar-refractivity contribution in [1.82, 2.24) is 10.2 Å². The van der Waals surface area contributed by atoms with E-state index in [0.717, 1.165) is 37.1 Å². The molecule has 2 rings (SSSR count). The van der Waals surface area contributed by atoms with Crippen LogP contribution in [0.2, 0.25) is 0 Å². The molecule has 156 valence electrons. The molecule has 1 saturated heterocycles. The third-order valence-corrected chi connectivity index (χ3v) is 5.87. The van der Waals surface area contributed by atoms with E-state index in [2.05, 4.69) is 5.32 Å². The monoisotopic (exact) mass is 389 g/mol. The Kier molecular flexibility index (Phi) is 7.47. The van der Waals surface area contributed by atoms with Crippen LogP contribution in [0, 0.1) is 19.8 Å². The van der Waals surface area contributed by atoms with Crippen LogP contribution in [0.25, 0.3) is 0 Å². The maximum atomic E-state index is 12.7. The Bertz CT molecular complexity index is 688. The summed E-state index contributed by atoms with van der Waals surface area (Å²) in [6.07, 6.45) is 3.31. The number of hydrogen-bond donors (Lipinski definition) is 2. The van der Waals surface area contributed by atoms with Gasteiger partial charge in [-0.05, 0) is 69.2 Å². The van der Waals surface area contributed by atoms with E-state index >= 15 is 0 Å². The Morgan fingerprint density at radius 2 is 1.75 bits per heavy atom. The van der Waals surface area contributed by atoms with Crippen LogP contribution in [-0.2, 0) is 4.79 Å². The van der Waals surface area contributed by atoms with Crippen molar-refractivity contribution in [3.63, 3.8) is 0 Å². The fourth-order valence-electron chi connectivity index (χ4n) is 3.44. The van der Waals surface area contributed by atoms with Gasteiger partial charge in [0.15, 0.2) is 6.61 Å². The van der Waals surface area contributed by atoms with Crippen LogP contribution < -0.4 is 15.8 Å². The number of ether oxygens (including phenoxy) is 1. The standard InChI is InChI=1S/C22H35N3O3/c1-15(2)22(5,14-23)24-21(27)18-11-16(3)20(17(4)12-18)28-13-19(26)25-9-7-6-8-10-25/h11-12,15H,6-10,13-14,23H2,1-5H3,(H,24,27). The van der Waals surface area contributed by atoms with Gasteiger partial charge in [-0.3, -0.25) is 9.59 Å². The first-order valence-corrected chi connectivity index (χ1v) is 10.2. The molecule has 1 aliphatic rings. The number of benzene rings is 1. The molecule has 0 spiro atoms. The zero-order valence-corrected chi connectivity index (χ0v) is 17.9. The lowest BCUT2D eigenvalue weighted by Gasteiger charge is -2.33. The molecule has 1 fully saturated rings. The Labute approximate surface area is 168 Å². The van der Waals surface area contributed by atoms with E-state index in [4.69, 9.17) is 10.5 Å². The van der Waals surface area contributed by atoms with Gasteiger partial charge in [0, 0.05) is 25.2 Å². The molecule has 6 heteroatoms. The first kappa shape index (κ1) is 22.2. The van der Waals surface area contributed by atoms with E-state index < -0.39 is 5.54 Å². The summed E-state index contributed by atoms with van der Waals surface area (Å²) in [5.41, 5.74) is 7.67. The van der Waals surface area contributed by atoms with Crippen LogP contribution in [0.1, 0.15) is 61.5 Å². The largest absolute Gasteiger partial charge is 0.483 e. The molecule has 2 amide bonds. The van der Waals surface area contributed by atoms with Gasteiger partial charge in [-0.1, -0.05) is 13.8 Å². The molecule has 0 aromatic heterocycles. The number of amides is 2. The topological polar surface area (TPSA) is 84.7 Å². The van der Waals surface area contributed by atoms with Crippen molar-refractivity contribution in [3.8, 4) is 5.75 Å². The van der Waals surface area contributed by atoms with Crippen molar-refractivity contribution in [2.75, 3.05) is 26.2 Å². The molecule has 0 saturated carbocycles. The Balaban J connectivity index is 2.07. The third-order valence-electron chi connectivity index (χ3n) is 5.87. The molecule has 28 heavy (non-hydrogen) atoms. The minimum absolute atomic E-state index is 0.0240. The predicted molar refractivity (Wildman–Crippen MR) is 112 cm³/mol. The molecule has 3 N–H and O–H groups in total. The molecule has 6 nitrogen and oxygen atoms in total. The van der Waals surface area contributed by atoms with Crippen molar-refractivity contribution >= 4 is 11.8 Å². The van der Waals surface area contributed by atoms with Crippen LogP contribution in [-0.4, -0.2) is 48.5 Å². The van der Waals surface area contributed by atoms with Crippen molar-refractivity contribution in [2.45, 2.75) is 59.4 Å². The normalized spacial score (nSPS) is 16.6. The molecule has 0 bridgehead atoms. The molecular weight excluding hydrogens is 354 g/mol. The molecule has 0 radical (unpaired) electrons. The second-order valence-electron chi connectivity index (χ2n) is 8.40. The summed E-state index contributed by atoms with van der Waals surface area (Å²) < 4.78 is 5.83. The number of nitrogens with one attached hydrogen (secondary N) is 1. The Morgan fingerprint density at radius 1 is 1.18 bits per heavy atom. The molecule has 1 atom stereocenters.